The number of anilines is 3. The summed E-state index contributed by atoms with van der Waals surface area (Å²) in [6.45, 7) is 0. The van der Waals surface area contributed by atoms with E-state index in [1.807, 2.05) is 48.6 Å². The van der Waals surface area contributed by atoms with Crippen LogP contribution in [-0.4, -0.2) is 15.0 Å². The first-order chi connectivity index (χ1) is 10.8. The summed E-state index contributed by atoms with van der Waals surface area (Å²) in [5.74, 6) is 0.536. The molecule has 2 heterocycles. The number of benzene rings is 1. The molecule has 0 atom stereocenters. The van der Waals surface area contributed by atoms with Crippen molar-refractivity contribution in [1.82, 2.24) is 15.0 Å². The van der Waals surface area contributed by atoms with E-state index in [4.69, 9.17) is 5.73 Å². The molecule has 0 saturated carbocycles. The fourth-order valence-electron chi connectivity index (χ4n) is 1.91. The van der Waals surface area contributed by atoms with Crippen LogP contribution in [0.15, 0.2) is 61.2 Å². The molecule has 0 aliphatic carbocycles. The molecule has 0 saturated heterocycles. The molecule has 0 unspecified atom stereocenters. The third-order valence-corrected chi connectivity index (χ3v) is 2.97. The third-order valence-electron chi connectivity index (χ3n) is 2.97. The van der Waals surface area contributed by atoms with E-state index in [0.717, 1.165) is 22.5 Å². The van der Waals surface area contributed by atoms with E-state index < -0.39 is 0 Å². The highest BCUT2D eigenvalue weighted by atomic mass is 15.1. The highest BCUT2D eigenvalue weighted by molar-refractivity contribution is 5.70. The largest absolute Gasteiger partial charge is 0.399 e. The number of nitrogens with two attached hydrogens (primary N) is 1. The predicted molar refractivity (Wildman–Crippen MR) is 89.3 cm³/mol. The van der Waals surface area contributed by atoms with Crippen LogP contribution in [0, 0.1) is 0 Å². The summed E-state index contributed by atoms with van der Waals surface area (Å²) in [5, 5.41) is 3.09. The molecule has 0 aliphatic heterocycles. The van der Waals surface area contributed by atoms with Crippen molar-refractivity contribution in [3.63, 3.8) is 0 Å². The molecule has 3 rings (SSSR count). The van der Waals surface area contributed by atoms with Gasteiger partial charge in [0.25, 0.3) is 0 Å². The van der Waals surface area contributed by atoms with Gasteiger partial charge in [0.05, 0.1) is 11.9 Å². The quantitative estimate of drug-likeness (QED) is 0.720. The molecule has 0 radical (unpaired) electrons. The fraction of sp³-hybridized carbons (Fsp3) is 0. The summed E-state index contributed by atoms with van der Waals surface area (Å²) >= 11 is 0. The molecule has 0 amide bonds. The van der Waals surface area contributed by atoms with Crippen molar-refractivity contribution in [2.75, 3.05) is 11.1 Å². The molecule has 0 spiro atoms. The minimum atomic E-state index is 0.536. The molecule has 2 aromatic heterocycles. The van der Waals surface area contributed by atoms with E-state index >= 15 is 0 Å². The Hall–Kier alpha value is -3.21. The van der Waals surface area contributed by atoms with Crippen molar-refractivity contribution in [2.24, 2.45) is 0 Å². The van der Waals surface area contributed by atoms with Crippen LogP contribution in [0.4, 0.5) is 17.3 Å². The summed E-state index contributed by atoms with van der Waals surface area (Å²) in [6.07, 6.45) is 10.9. The van der Waals surface area contributed by atoms with Crippen molar-refractivity contribution in [2.45, 2.75) is 0 Å². The summed E-state index contributed by atoms with van der Waals surface area (Å²) in [5.41, 5.74) is 9.30. The molecular formula is C17H15N5. The Labute approximate surface area is 128 Å². The van der Waals surface area contributed by atoms with Crippen molar-refractivity contribution >= 4 is 29.5 Å². The van der Waals surface area contributed by atoms with Crippen LogP contribution in [0.1, 0.15) is 11.1 Å². The maximum absolute atomic E-state index is 5.75. The van der Waals surface area contributed by atoms with Crippen LogP contribution in [-0.2, 0) is 0 Å². The molecule has 3 aromatic rings. The van der Waals surface area contributed by atoms with Crippen LogP contribution in [0.2, 0.25) is 0 Å². The monoisotopic (exact) mass is 289 g/mol. The number of nitrogens with zero attached hydrogens (tertiary/aromatic N) is 3. The van der Waals surface area contributed by atoms with E-state index in [1.165, 1.54) is 0 Å². The minimum Gasteiger partial charge on any atom is -0.399 e. The number of rotatable bonds is 4. The zero-order chi connectivity index (χ0) is 15.2. The molecule has 5 nitrogen and oxygen atoms in total. The molecular weight excluding hydrogens is 274 g/mol. The van der Waals surface area contributed by atoms with E-state index in [2.05, 4.69) is 20.3 Å². The van der Waals surface area contributed by atoms with E-state index in [9.17, 15) is 0 Å². The van der Waals surface area contributed by atoms with Gasteiger partial charge >= 0.3 is 0 Å². The van der Waals surface area contributed by atoms with Gasteiger partial charge < -0.3 is 11.1 Å². The number of aromatic nitrogens is 3. The minimum absolute atomic E-state index is 0.536. The van der Waals surface area contributed by atoms with Crippen molar-refractivity contribution in [3.05, 3.63) is 72.3 Å². The Morgan fingerprint density at radius 3 is 2.45 bits per heavy atom. The smallest absolute Gasteiger partial charge is 0.227 e. The zero-order valence-electron chi connectivity index (χ0n) is 11.8. The zero-order valence-corrected chi connectivity index (χ0v) is 11.8. The lowest BCUT2D eigenvalue weighted by Crippen LogP contribution is -1.96. The molecule has 0 bridgehead atoms. The normalized spacial score (nSPS) is 10.7. The van der Waals surface area contributed by atoms with Gasteiger partial charge in [0, 0.05) is 29.8 Å². The summed E-state index contributed by atoms with van der Waals surface area (Å²) in [4.78, 5) is 12.6. The number of nitrogens with one attached hydrogen (secondary N) is 1. The molecule has 1 aromatic carbocycles. The number of hydrogen-bond donors (Lipinski definition) is 2. The summed E-state index contributed by atoms with van der Waals surface area (Å²) < 4.78 is 0. The maximum Gasteiger partial charge on any atom is 0.227 e. The lowest BCUT2D eigenvalue weighted by molar-refractivity contribution is 1.15. The van der Waals surface area contributed by atoms with Crippen molar-refractivity contribution in [3.8, 4) is 0 Å². The lowest BCUT2D eigenvalue weighted by Gasteiger charge is -2.03. The average Bonchev–Trinajstić information content (AvgIpc) is 2.55. The first kappa shape index (κ1) is 13.8. The van der Waals surface area contributed by atoms with Crippen LogP contribution in [0.3, 0.4) is 0 Å². The molecule has 0 aliphatic rings. The van der Waals surface area contributed by atoms with Gasteiger partial charge in [-0.1, -0.05) is 24.3 Å². The van der Waals surface area contributed by atoms with Crippen LogP contribution < -0.4 is 11.1 Å². The molecule has 22 heavy (non-hydrogen) atoms. The Bertz CT molecular complexity index is 767. The topological polar surface area (TPSA) is 76.7 Å². The molecule has 0 fully saturated rings. The SMILES string of the molecule is Nc1cccc(C=Cc2cnc(Nc3cccnc3)nc2)c1. The van der Waals surface area contributed by atoms with Crippen molar-refractivity contribution < 1.29 is 0 Å². The third kappa shape index (κ3) is 3.67. The van der Waals surface area contributed by atoms with E-state index in [-0.39, 0.29) is 0 Å². The first-order valence-corrected chi connectivity index (χ1v) is 6.82. The van der Waals surface area contributed by atoms with Crippen LogP contribution in [0.25, 0.3) is 12.2 Å². The summed E-state index contributed by atoms with van der Waals surface area (Å²) in [6, 6.07) is 11.4. The van der Waals surface area contributed by atoms with Gasteiger partial charge in [-0.3, -0.25) is 4.98 Å². The molecule has 108 valence electrons. The molecule has 3 N–H and O–H groups in total. The van der Waals surface area contributed by atoms with Crippen LogP contribution >= 0.6 is 0 Å². The lowest BCUT2D eigenvalue weighted by atomic mass is 10.1. The Balaban J connectivity index is 1.69. The first-order valence-electron chi connectivity index (χ1n) is 6.82. The second-order valence-electron chi connectivity index (χ2n) is 4.71. The van der Waals surface area contributed by atoms with Gasteiger partial charge in [-0.05, 0) is 29.8 Å². The standard InChI is InChI=1S/C17H15N5/c18-15-4-1-3-13(9-15)6-7-14-10-20-17(21-11-14)22-16-5-2-8-19-12-16/h1-12H,18H2,(H,20,21,22). The van der Waals surface area contributed by atoms with Gasteiger partial charge in [-0.15, -0.1) is 0 Å². The second-order valence-corrected chi connectivity index (χ2v) is 4.71. The Morgan fingerprint density at radius 2 is 1.73 bits per heavy atom. The van der Waals surface area contributed by atoms with Crippen molar-refractivity contribution in [1.29, 1.82) is 0 Å². The highest BCUT2D eigenvalue weighted by Gasteiger charge is 1.97. The number of pyridine rings is 1. The van der Waals surface area contributed by atoms with Gasteiger partial charge in [0.2, 0.25) is 5.95 Å². The predicted octanol–water partition coefficient (Wildman–Crippen LogP) is 3.37. The van der Waals surface area contributed by atoms with Gasteiger partial charge in [-0.2, -0.15) is 0 Å². The second kappa shape index (κ2) is 6.49. The highest BCUT2D eigenvalue weighted by Crippen LogP contribution is 2.13. The number of hydrogen-bond acceptors (Lipinski definition) is 5. The average molecular weight is 289 g/mol. The molecule has 5 heteroatoms. The summed E-state index contributed by atoms with van der Waals surface area (Å²) in [7, 11) is 0. The van der Waals surface area contributed by atoms with E-state index in [0.29, 0.717) is 5.95 Å². The Kier molecular flexibility index (Phi) is 4.06. The van der Waals surface area contributed by atoms with Gasteiger partial charge in [-0.25, -0.2) is 9.97 Å². The van der Waals surface area contributed by atoms with Gasteiger partial charge in [0.15, 0.2) is 0 Å². The van der Waals surface area contributed by atoms with Gasteiger partial charge in [0.1, 0.15) is 0 Å². The number of nitrogen functional groups attached to an aromatic ring is 1. The fourth-order valence-corrected chi connectivity index (χ4v) is 1.91. The van der Waals surface area contributed by atoms with Crippen LogP contribution in [0.5, 0.6) is 0 Å². The van der Waals surface area contributed by atoms with E-state index in [1.54, 1.807) is 24.8 Å². The maximum atomic E-state index is 5.75. The Morgan fingerprint density at radius 1 is 0.909 bits per heavy atom.